The molecule has 3 rings (SSSR count). The molecular formula is C15H26N2O2. The maximum atomic E-state index is 12.9. The van der Waals surface area contributed by atoms with Crippen LogP contribution in [0.25, 0.3) is 0 Å². The van der Waals surface area contributed by atoms with Gasteiger partial charge in [-0.2, -0.15) is 0 Å². The summed E-state index contributed by atoms with van der Waals surface area (Å²) < 4.78 is 5.80. The highest BCUT2D eigenvalue weighted by atomic mass is 16.5. The van der Waals surface area contributed by atoms with E-state index >= 15 is 0 Å². The van der Waals surface area contributed by atoms with Gasteiger partial charge in [0.15, 0.2) is 0 Å². The van der Waals surface area contributed by atoms with Crippen LogP contribution in [-0.4, -0.2) is 42.6 Å². The molecule has 0 aromatic rings. The van der Waals surface area contributed by atoms with Crippen LogP contribution in [0.15, 0.2) is 0 Å². The molecule has 0 bridgehead atoms. The van der Waals surface area contributed by atoms with Gasteiger partial charge in [-0.15, -0.1) is 0 Å². The maximum Gasteiger partial charge on any atom is 0.226 e. The van der Waals surface area contributed by atoms with Gasteiger partial charge in [-0.1, -0.05) is 12.8 Å². The number of carbonyl (C=O) groups is 1. The Kier molecular flexibility index (Phi) is 4.08. The van der Waals surface area contributed by atoms with Crippen LogP contribution in [0.5, 0.6) is 0 Å². The minimum Gasteiger partial charge on any atom is -0.374 e. The molecule has 4 atom stereocenters. The van der Waals surface area contributed by atoms with E-state index in [2.05, 4.69) is 4.90 Å². The minimum absolute atomic E-state index is 0.179. The predicted molar refractivity (Wildman–Crippen MR) is 73.6 cm³/mol. The largest absolute Gasteiger partial charge is 0.374 e. The predicted octanol–water partition coefficient (Wildman–Crippen LogP) is 1.53. The molecule has 0 aromatic heterocycles. The normalized spacial score (nSPS) is 39.1. The van der Waals surface area contributed by atoms with Crippen LogP contribution in [0.1, 0.15) is 44.9 Å². The first-order valence-corrected chi connectivity index (χ1v) is 7.93. The molecule has 4 nitrogen and oxygen atoms in total. The fourth-order valence-corrected chi connectivity index (χ4v) is 4.23. The lowest BCUT2D eigenvalue weighted by Gasteiger charge is -2.41. The highest BCUT2D eigenvalue weighted by Gasteiger charge is 2.42. The highest BCUT2D eigenvalue weighted by molar-refractivity contribution is 5.80. The lowest BCUT2D eigenvalue weighted by atomic mass is 9.78. The Bertz CT molecular complexity index is 334. The minimum atomic E-state index is 0.179. The second-order valence-electron chi connectivity index (χ2n) is 6.33. The Morgan fingerprint density at radius 2 is 2.00 bits per heavy atom. The Labute approximate surface area is 115 Å². The van der Waals surface area contributed by atoms with E-state index < -0.39 is 0 Å². The molecule has 108 valence electrons. The van der Waals surface area contributed by atoms with Crippen LogP contribution in [0.2, 0.25) is 0 Å². The molecule has 0 aromatic carbocycles. The standard InChI is InChI=1S/C15H26N2O2/c16-10-11-4-1-2-5-12(11)15(18)17-8-9-19-14-7-3-6-13(14)17/h11-14H,1-10,16H2. The van der Waals surface area contributed by atoms with Crippen LogP contribution >= 0.6 is 0 Å². The highest BCUT2D eigenvalue weighted by Crippen LogP contribution is 2.35. The summed E-state index contributed by atoms with van der Waals surface area (Å²) in [5.41, 5.74) is 5.87. The van der Waals surface area contributed by atoms with Crippen molar-refractivity contribution < 1.29 is 9.53 Å². The van der Waals surface area contributed by atoms with Crippen molar-refractivity contribution in [3.8, 4) is 0 Å². The van der Waals surface area contributed by atoms with E-state index in [-0.39, 0.29) is 5.92 Å². The Morgan fingerprint density at radius 1 is 1.16 bits per heavy atom. The van der Waals surface area contributed by atoms with Gasteiger partial charge >= 0.3 is 0 Å². The number of rotatable bonds is 2. The van der Waals surface area contributed by atoms with Crippen LogP contribution in [0.3, 0.4) is 0 Å². The zero-order valence-corrected chi connectivity index (χ0v) is 11.7. The van der Waals surface area contributed by atoms with Gasteiger partial charge in [-0.3, -0.25) is 4.79 Å². The molecule has 19 heavy (non-hydrogen) atoms. The second kappa shape index (κ2) is 5.80. The summed E-state index contributed by atoms with van der Waals surface area (Å²) in [5, 5.41) is 0. The van der Waals surface area contributed by atoms with Gasteiger partial charge in [-0.05, 0) is 44.6 Å². The second-order valence-corrected chi connectivity index (χ2v) is 6.33. The van der Waals surface area contributed by atoms with Gasteiger partial charge in [0.05, 0.1) is 18.8 Å². The molecule has 4 heteroatoms. The summed E-state index contributed by atoms with van der Waals surface area (Å²) in [6, 6.07) is 0.349. The molecule has 4 unspecified atom stereocenters. The van der Waals surface area contributed by atoms with Gasteiger partial charge in [-0.25, -0.2) is 0 Å². The molecule has 2 N–H and O–H groups in total. The Hall–Kier alpha value is -0.610. The SMILES string of the molecule is NCC1CCCCC1C(=O)N1CCOC2CCCC21. The van der Waals surface area contributed by atoms with Crippen molar-refractivity contribution in [2.45, 2.75) is 57.1 Å². The van der Waals surface area contributed by atoms with Crippen molar-refractivity contribution >= 4 is 5.91 Å². The molecule has 3 fully saturated rings. The zero-order chi connectivity index (χ0) is 13.2. The van der Waals surface area contributed by atoms with Crippen LogP contribution in [0, 0.1) is 11.8 Å². The summed E-state index contributed by atoms with van der Waals surface area (Å²) >= 11 is 0. The number of morpholine rings is 1. The Morgan fingerprint density at radius 3 is 2.84 bits per heavy atom. The third kappa shape index (κ3) is 2.52. The van der Waals surface area contributed by atoms with Crippen LogP contribution in [0.4, 0.5) is 0 Å². The van der Waals surface area contributed by atoms with Crippen LogP contribution in [-0.2, 0) is 9.53 Å². The molecule has 0 spiro atoms. The monoisotopic (exact) mass is 266 g/mol. The van der Waals surface area contributed by atoms with Crippen molar-refractivity contribution in [3.05, 3.63) is 0 Å². The number of fused-ring (bicyclic) bond motifs is 1. The molecule has 1 aliphatic heterocycles. The van der Waals surface area contributed by atoms with Gasteiger partial charge < -0.3 is 15.4 Å². The first-order chi connectivity index (χ1) is 9.31. The fourth-order valence-electron chi connectivity index (χ4n) is 4.23. The number of amides is 1. The summed E-state index contributed by atoms with van der Waals surface area (Å²) in [6.07, 6.45) is 8.34. The van der Waals surface area contributed by atoms with Crippen molar-refractivity contribution in [1.82, 2.24) is 4.90 Å². The fraction of sp³-hybridized carbons (Fsp3) is 0.933. The van der Waals surface area contributed by atoms with E-state index in [1.54, 1.807) is 0 Å². The zero-order valence-electron chi connectivity index (χ0n) is 11.7. The van der Waals surface area contributed by atoms with E-state index in [0.29, 0.717) is 37.1 Å². The van der Waals surface area contributed by atoms with E-state index in [4.69, 9.17) is 10.5 Å². The average Bonchev–Trinajstić information content (AvgIpc) is 2.94. The number of hydrogen-bond donors (Lipinski definition) is 1. The molecule has 1 amide bonds. The van der Waals surface area contributed by atoms with Crippen LogP contribution < -0.4 is 5.73 Å². The van der Waals surface area contributed by atoms with Crippen molar-refractivity contribution in [2.75, 3.05) is 19.7 Å². The summed E-state index contributed by atoms with van der Waals surface area (Å²) in [7, 11) is 0. The Balaban J connectivity index is 1.71. The van der Waals surface area contributed by atoms with Crippen molar-refractivity contribution in [1.29, 1.82) is 0 Å². The maximum absolute atomic E-state index is 12.9. The number of nitrogens with two attached hydrogens (primary N) is 1. The number of hydrogen-bond acceptors (Lipinski definition) is 3. The summed E-state index contributed by atoms with van der Waals surface area (Å²) in [5.74, 6) is 0.956. The molecule has 2 aliphatic carbocycles. The average molecular weight is 266 g/mol. The van der Waals surface area contributed by atoms with Gasteiger partial charge in [0.1, 0.15) is 0 Å². The number of nitrogens with zero attached hydrogens (tertiary/aromatic N) is 1. The van der Waals surface area contributed by atoms with E-state index in [9.17, 15) is 4.79 Å². The number of ether oxygens (including phenoxy) is 1. The first-order valence-electron chi connectivity index (χ1n) is 7.93. The van der Waals surface area contributed by atoms with Crippen molar-refractivity contribution in [2.24, 2.45) is 17.6 Å². The number of carbonyl (C=O) groups excluding carboxylic acids is 1. The molecule has 1 saturated heterocycles. The molecule has 1 heterocycles. The van der Waals surface area contributed by atoms with Gasteiger partial charge in [0, 0.05) is 12.5 Å². The first kappa shape index (κ1) is 13.4. The smallest absolute Gasteiger partial charge is 0.226 e. The lowest BCUT2D eigenvalue weighted by Crippen LogP contribution is -2.54. The summed E-state index contributed by atoms with van der Waals surface area (Å²) in [4.78, 5) is 15.0. The third-order valence-electron chi connectivity index (χ3n) is 5.29. The van der Waals surface area contributed by atoms with E-state index in [1.165, 1.54) is 19.3 Å². The molecular weight excluding hydrogens is 240 g/mol. The van der Waals surface area contributed by atoms with E-state index in [0.717, 1.165) is 32.2 Å². The van der Waals surface area contributed by atoms with Gasteiger partial charge in [0.25, 0.3) is 0 Å². The van der Waals surface area contributed by atoms with E-state index in [1.807, 2.05) is 0 Å². The summed E-state index contributed by atoms with van der Waals surface area (Å²) in [6.45, 7) is 2.16. The van der Waals surface area contributed by atoms with Gasteiger partial charge in [0.2, 0.25) is 5.91 Å². The topological polar surface area (TPSA) is 55.6 Å². The molecule has 0 radical (unpaired) electrons. The van der Waals surface area contributed by atoms with Crippen molar-refractivity contribution in [3.63, 3.8) is 0 Å². The lowest BCUT2D eigenvalue weighted by molar-refractivity contribution is -0.151. The molecule has 2 saturated carbocycles. The third-order valence-corrected chi connectivity index (χ3v) is 5.29. The quantitative estimate of drug-likeness (QED) is 0.824. The molecule has 3 aliphatic rings.